The molecule has 2 N–H and O–H groups in total. The number of allylic oxidation sites excluding steroid dienone is 2. The van der Waals surface area contributed by atoms with Gasteiger partial charge in [0.25, 0.3) is 0 Å². The van der Waals surface area contributed by atoms with E-state index in [9.17, 15) is 14.3 Å². The number of aliphatic hydroxyl groups excluding tert-OH is 1. The molecule has 0 amide bonds. The third-order valence-corrected chi connectivity index (χ3v) is 5.61. The van der Waals surface area contributed by atoms with Gasteiger partial charge in [0, 0.05) is 12.3 Å². The molecule has 2 bridgehead atoms. The molecular formula is C23H29FO5. The van der Waals surface area contributed by atoms with E-state index in [2.05, 4.69) is 12.2 Å². The van der Waals surface area contributed by atoms with Crippen LogP contribution in [0.3, 0.4) is 0 Å². The third-order valence-electron chi connectivity index (χ3n) is 5.61. The van der Waals surface area contributed by atoms with E-state index in [4.69, 9.17) is 14.6 Å². The summed E-state index contributed by atoms with van der Waals surface area (Å²) < 4.78 is 24.5. The molecule has 2 heterocycles. The fourth-order valence-electron chi connectivity index (χ4n) is 4.15. The van der Waals surface area contributed by atoms with E-state index in [1.165, 1.54) is 24.3 Å². The number of carbonyl (C=O) groups is 1. The Morgan fingerprint density at radius 1 is 1.24 bits per heavy atom. The summed E-state index contributed by atoms with van der Waals surface area (Å²) in [7, 11) is 0. The van der Waals surface area contributed by atoms with Gasteiger partial charge in [0.1, 0.15) is 24.3 Å². The van der Waals surface area contributed by atoms with Crippen LogP contribution in [0, 0.1) is 17.7 Å². The number of halogens is 1. The predicted molar refractivity (Wildman–Crippen MR) is 107 cm³/mol. The lowest BCUT2D eigenvalue weighted by atomic mass is 9.77. The van der Waals surface area contributed by atoms with E-state index >= 15 is 0 Å². The highest BCUT2D eigenvalue weighted by atomic mass is 19.1. The fourth-order valence-corrected chi connectivity index (χ4v) is 4.15. The molecule has 1 aromatic rings. The van der Waals surface area contributed by atoms with Crippen LogP contribution in [-0.2, 0) is 9.53 Å². The Bertz CT molecular complexity index is 714. The van der Waals surface area contributed by atoms with Crippen LogP contribution in [-0.4, -0.2) is 41.1 Å². The zero-order valence-electron chi connectivity index (χ0n) is 16.5. The van der Waals surface area contributed by atoms with E-state index < -0.39 is 12.1 Å². The average molecular weight is 404 g/mol. The summed E-state index contributed by atoms with van der Waals surface area (Å²) in [5, 5.41) is 18.9. The molecule has 3 rings (SSSR count). The first-order valence-electron chi connectivity index (χ1n) is 10.3. The molecule has 0 saturated carbocycles. The number of benzene rings is 1. The second kappa shape index (κ2) is 10.6. The van der Waals surface area contributed by atoms with Crippen molar-refractivity contribution in [3.05, 3.63) is 54.4 Å². The summed E-state index contributed by atoms with van der Waals surface area (Å²) in [5.41, 5.74) is 0. The Balaban J connectivity index is 1.46. The minimum Gasteiger partial charge on any atom is -0.491 e. The minimum atomic E-state index is -0.757. The van der Waals surface area contributed by atoms with Crippen molar-refractivity contribution >= 4 is 5.97 Å². The molecule has 0 radical (unpaired) electrons. The van der Waals surface area contributed by atoms with Crippen LogP contribution >= 0.6 is 0 Å². The van der Waals surface area contributed by atoms with Crippen molar-refractivity contribution in [3.8, 4) is 5.75 Å². The van der Waals surface area contributed by atoms with Crippen LogP contribution in [0.4, 0.5) is 4.39 Å². The zero-order chi connectivity index (χ0) is 20.6. The van der Waals surface area contributed by atoms with Crippen molar-refractivity contribution in [3.63, 3.8) is 0 Å². The molecule has 2 saturated heterocycles. The Kier molecular flexibility index (Phi) is 7.83. The number of aliphatic hydroxyl groups is 1. The molecule has 6 heteroatoms. The van der Waals surface area contributed by atoms with E-state index in [-0.39, 0.29) is 37.0 Å². The van der Waals surface area contributed by atoms with Crippen LogP contribution in [0.1, 0.15) is 38.5 Å². The van der Waals surface area contributed by atoms with E-state index in [0.717, 1.165) is 25.7 Å². The lowest BCUT2D eigenvalue weighted by Crippen LogP contribution is -2.26. The molecule has 0 spiro atoms. The van der Waals surface area contributed by atoms with Gasteiger partial charge in [-0.1, -0.05) is 24.3 Å². The van der Waals surface area contributed by atoms with Crippen molar-refractivity contribution in [2.75, 3.05) is 6.61 Å². The molecule has 0 aliphatic carbocycles. The van der Waals surface area contributed by atoms with Gasteiger partial charge >= 0.3 is 5.97 Å². The Morgan fingerprint density at radius 3 is 2.76 bits per heavy atom. The first-order valence-corrected chi connectivity index (χ1v) is 10.3. The largest absolute Gasteiger partial charge is 0.491 e. The van der Waals surface area contributed by atoms with Gasteiger partial charge in [-0.25, -0.2) is 4.39 Å². The van der Waals surface area contributed by atoms with Crippen molar-refractivity contribution in [2.45, 2.75) is 56.8 Å². The van der Waals surface area contributed by atoms with Crippen molar-refractivity contribution in [1.82, 2.24) is 0 Å². The number of hydrogen-bond acceptors (Lipinski definition) is 4. The van der Waals surface area contributed by atoms with Crippen LogP contribution < -0.4 is 4.74 Å². The lowest BCUT2D eigenvalue weighted by molar-refractivity contribution is -0.137. The lowest BCUT2D eigenvalue weighted by Gasteiger charge is -2.25. The number of carboxylic acids is 1. The van der Waals surface area contributed by atoms with Crippen molar-refractivity contribution in [1.29, 1.82) is 0 Å². The topological polar surface area (TPSA) is 76.0 Å². The standard InChI is InChI=1S/C23H29FO5/c24-16-7-10-18(11-8-16)28-15-17(25)9-12-20-19(21-13-14-22(20)29-21)5-3-1-2-4-6-23(26)27/h1,3,7-12,17,19-22,25H,2,4-6,13-15H2,(H,26,27)/b3-1-,12-9+/t17-,19-,20-,21?,22?/m1/s1. The number of carboxylic acid groups (broad SMARTS) is 1. The van der Waals surface area contributed by atoms with Gasteiger partial charge in [-0.3, -0.25) is 4.79 Å². The summed E-state index contributed by atoms with van der Waals surface area (Å²) in [6.45, 7) is 0.109. The third kappa shape index (κ3) is 6.41. The molecule has 1 aromatic carbocycles. The molecule has 2 unspecified atom stereocenters. The van der Waals surface area contributed by atoms with Crippen molar-refractivity contribution in [2.24, 2.45) is 11.8 Å². The summed E-state index contributed by atoms with van der Waals surface area (Å²) in [4.78, 5) is 10.5. The van der Waals surface area contributed by atoms with Gasteiger partial charge in [0.2, 0.25) is 0 Å². The van der Waals surface area contributed by atoms with Gasteiger partial charge in [-0.05, 0) is 62.3 Å². The fraction of sp³-hybridized carbons (Fsp3) is 0.522. The molecule has 29 heavy (non-hydrogen) atoms. The highest BCUT2D eigenvalue weighted by molar-refractivity contribution is 5.66. The first kappa shape index (κ1) is 21.5. The highest BCUT2D eigenvalue weighted by Crippen LogP contribution is 2.45. The van der Waals surface area contributed by atoms with Gasteiger partial charge < -0.3 is 19.7 Å². The van der Waals surface area contributed by atoms with E-state index in [0.29, 0.717) is 18.1 Å². The molecule has 158 valence electrons. The maximum absolute atomic E-state index is 12.9. The minimum absolute atomic E-state index is 0.109. The Labute approximate surface area is 170 Å². The predicted octanol–water partition coefficient (Wildman–Crippen LogP) is 4.12. The first-order chi connectivity index (χ1) is 14.0. The summed E-state index contributed by atoms with van der Waals surface area (Å²) >= 11 is 0. The Hall–Kier alpha value is -2.18. The van der Waals surface area contributed by atoms with Gasteiger partial charge in [0.05, 0.1) is 12.2 Å². The van der Waals surface area contributed by atoms with E-state index in [1.54, 1.807) is 6.08 Å². The quantitative estimate of drug-likeness (QED) is 0.429. The molecule has 5 atom stereocenters. The van der Waals surface area contributed by atoms with Crippen molar-refractivity contribution < 1.29 is 28.9 Å². The molecule has 2 fully saturated rings. The normalized spacial score (nSPS) is 27.1. The number of rotatable bonds is 11. The van der Waals surface area contributed by atoms with Crippen LogP contribution in [0.5, 0.6) is 5.75 Å². The van der Waals surface area contributed by atoms with E-state index in [1.807, 2.05) is 6.08 Å². The SMILES string of the molecule is O=C(O)CCC/C=C\C[C@H]1C2CCC(O2)[C@@H]1/C=C/[C@@H](O)COc1ccc(F)cc1. The second-order valence-electron chi connectivity index (χ2n) is 7.74. The molecule has 2 aliphatic rings. The highest BCUT2D eigenvalue weighted by Gasteiger charge is 2.46. The molecule has 5 nitrogen and oxygen atoms in total. The maximum Gasteiger partial charge on any atom is 0.303 e. The summed E-state index contributed by atoms with van der Waals surface area (Å²) in [6.07, 6.45) is 12.3. The summed E-state index contributed by atoms with van der Waals surface area (Å²) in [6, 6.07) is 5.72. The second-order valence-corrected chi connectivity index (χ2v) is 7.74. The van der Waals surface area contributed by atoms with Crippen LogP contribution in [0.25, 0.3) is 0 Å². The number of fused-ring (bicyclic) bond motifs is 2. The molecular weight excluding hydrogens is 375 g/mol. The number of aliphatic carboxylic acids is 1. The summed E-state index contributed by atoms with van der Waals surface area (Å²) in [5.74, 6) is 0.0833. The van der Waals surface area contributed by atoms with Crippen LogP contribution in [0.2, 0.25) is 0 Å². The average Bonchev–Trinajstić information content (AvgIpc) is 3.30. The molecule has 0 aromatic heterocycles. The maximum atomic E-state index is 12.9. The smallest absolute Gasteiger partial charge is 0.303 e. The Morgan fingerprint density at radius 2 is 2.00 bits per heavy atom. The van der Waals surface area contributed by atoms with Gasteiger partial charge in [0.15, 0.2) is 0 Å². The number of unbranched alkanes of at least 4 members (excludes halogenated alkanes) is 1. The monoisotopic (exact) mass is 404 g/mol. The molecule has 2 aliphatic heterocycles. The number of hydrogen-bond donors (Lipinski definition) is 2. The van der Waals surface area contributed by atoms with Crippen LogP contribution in [0.15, 0.2) is 48.6 Å². The number of ether oxygens (including phenoxy) is 2. The van der Waals surface area contributed by atoms with Gasteiger partial charge in [-0.2, -0.15) is 0 Å². The zero-order valence-corrected chi connectivity index (χ0v) is 16.5. The van der Waals surface area contributed by atoms with Gasteiger partial charge in [-0.15, -0.1) is 0 Å².